The van der Waals surface area contributed by atoms with Gasteiger partial charge in [-0.2, -0.15) is 0 Å². The maximum Gasteiger partial charge on any atom is 0.272 e. The molecular weight excluding hydrogens is 326 g/mol. The smallest absolute Gasteiger partial charge is 0.272 e. The number of likely N-dealkylation sites (tertiary alicyclic amines) is 1. The first-order chi connectivity index (χ1) is 12.6. The summed E-state index contributed by atoms with van der Waals surface area (Å²) in [5.41, 5.74) is 1.43. The van der Waals surface area contributed by atoms with Crippen LogP contribution in [0.3, 0.4) is 0 Å². The molecule has 2 aromatic rings. The molecular formula is C21H27N3O2. The first-order valence-electron chi connectivity index (χ1n) is 9.65. The molecule has 1 amide bonds. The molecule has 2 aliphatic heterocycles. The summed E-state index contributed by atoms with van der Waals surface area (Å²) >= 11 is 0. The molecule has 0 saturated carbocycles. The van der Waals surface area contributed by atoms with Crippen LogP contribution in [0.15, 0.2) is 36.4 Å². The number of carbonyl (C=O) groups is 1. The highest BCUT2D eigenvalue weighted by Crippen LogP contribution is 2.23. The van der Waals surface area contributed by atoms with Crippen molar-refractivity contribution in [3.63, 3.8) is 0 Å². The van der Waals surface area contributed by atoms with E-state index < -0.39 is 0 Å². The van der Waals surface area contributed by atoms with Gasteiger partial charge in [0.05, 0.1) is 17.7 Å². The van der Waals surface area contributed by atoms with Crippen LogP contribution in [0.4, 0.5) is 0 Å². The minimum absolute atomic E-state index is 0.0626. The van der Waals surface area contributed by atoms with Crippen LogP contribution < -0.4 is 0 Å². The SMILES string of the molecule is CC1CN(CC2CCCN2C(=O)c2ccc3ccccc3n2)CC(C)O1. The van der Waals surface area contributed by atoms with E-state index in [4.69, 9.17) is 4.74 Å². The first kappa shape index (κ1) is 17.4. The molecule has 5 nitrogen and oxygen atoms in total. The highest BCUT2D eigenvalue weighted by molar-refractivity contribution is 5.95. The molecule has 3 unspecified atom stereocenters. The molecule has 0 spiro atoms. The third kappa shape index (κ3) is 3.60. The number of rotatable bonds is 3. The minimum atomic E-state index is 0.0626. The molecule has 1 aromatic heterocycles. The lowest BCUT2D eigenvalue weighted by Crippen LogP contribution is -2.51. The van der Waals surface area contributed by atoms with Crippen LogP contribution >= 0.6 is 0 Å². The Hall–Kier alpha value is -1.98. The minimum Gasteiger partial charge on any atom is -0.373 e. The van der Waals surface area contributed by atoms with Crippen molar-refractivity contribution >= 4 is 16.8 Å². The van der Waals surface area contributed by atoms with Gasteiger partial charge >= 0.3 is 0 Å². The summed E-state index contributed by atoms with van der Waals surface area (Å²) in [6, 6.07) is 12.1. The van der Waals surface area contributed by atoms with Crippen molar-refractivity contribution in [3.8, 4) is 0 Å². The van der Waals surface area contributed by atoms with Crippen molar-refractivity contribution in [2.75, 3.05) is 26.2 Å². The van der Waals surface area contributed by atoms with Gasteiger partial charge in [-0.15, -0.1) is 0 Å². The van der Waals surface area contributed by atoms with Crippen molar-refractivity contribution in [3.05, 3.63) is 42.1 Å². The second-order valence-electron chi connectivity index (χ2n) is 7.66. The molecule has 0 aliphatic carbocycles. The topological polar surface area (TPSA) is 45.7 Å². The van der Waals surface area contributed by atoms with Crippen LogP contribution in [-0.4, -0.2) is 65.1 Å². The van der Waals surface area contributed by atoms with Crippen molar-refractivity contribution in [1.82, 2.24) is 14.8 Å². The molecule has 26 heavy (non-hydrogen) atoms. The molecule has 0 bridgehead atoms. The number of para-hydroxylation sites is 1. The average molecular weight is 353 g/mol. The number of ether oxygens (including phenoxy) is 1. The van der Waals surface area contributed by atoms with Gasteiger partial charge in [-0.25, -0.2) is 4.98 Å². The van der Waals surface area contributed by atoms with Gasteiger partial charge in [-0.3, -0.25) is 9.69 Å². The number of aromatic nitrogens is 1. The van der Waals surface area contributed by atoms with Gasteiger partial charge in [-0.05, 0) is 38.8 Å². The number of nitrogens with zero attached hydrogens (tertiary/aromatic N) is 3. The molecule has 2 aliphatic rings. The zero-order valence-corrected chi connectivity index (χ0v) is 15.6. The summed E-state index contributed by atoms with van der Waals surface area (Å²) in [6.45, 7) is 7.89. The second kappa shape index (κ2) is 7.33. The Kier molecular flexibility index (Phi) is 4.92. The van der Waals surface area contributed by atoms with Crippen LogP contribution in [0.5, 0.6) is 0 Å². The molecule has 0 radical (unpaired) electrons. The Morgan fingerprint density at radius 1 is 1.15 bits per heavy atom. The Morgan fingerprint density at radius 2 is 1.92 bits per heavy atom. The lowest BCUT2D eigenvalue weighted by atomic mass is 10.1. The van der Waals surface area contributed by atoms with E-state index in [2.05, 4.69) is 23.7 Å². The fourth-order valence-electron chi connectivity index (χ4n) is 4.36. The number of carbonyl (C=O) groups excluding carboxylic acids is 1. The summed E-state index contributed by atoms with van der Waals surface area (Å²) in [5, 5.41) is 1.07. The highest BCUT2D eigenvalue weighted by atomic mass is 16.5. The Balaban J connectivity index is 1.49. The van der Waals surface area contributed by atoms with Gasteiger partial charge in [0.15, 0.2) is 0 Å². The van der Waals surface area contributed by atoms with Gasteiger partial charge in [-0.1, -0.05) is 24.3 Å². The maximum absolute atomic E-state index is 13.1. The summed E-state index contributed by atoms with van der Waals surface area (Å²) in [7, 11) is 0. The van der Waals surface area contributed by atoms with E-state index in [1.54, 1.807) is 0 Å². The average Bonchev–Trinajstić information content (AvgIpc) is 3.08. The zero-order valence-electron chi connectivity index (χ0n) is 15.6. The predicted octanol–water partition coefficient (Wildman–Crippen LogP) is 2.95. The third-order valence-electron chi connectivity index (χ3n) is 5.42. The molecule has 138 valence electrons. The van der Waals surface area contributed by atoms with Gasteiger partial charge in [0.2, 0.25) is 0 Å². The lowest BCUT2D eigenvalue weighted by Gasteiger charge is -2.38. The number of fused-ring (bicyclic) bond motifs is 1. The fraction of sp³-hybridized carbons (Fsp3) is 0.524. The molecule has 4 rings (SSSR count). The Bertz CT molecular complexity index is 784. The van der Waals surface area contributed by atoms with Crippen molar-refractivity contribution in [2.24, 2.45) is 0 Å². The van der Waals surface area contributed by atoms with Gasteiger partial charge in [0, 0.05) is 37.6 Å². The van der Waals surface area contributed by atoms with Crippen LogP contribution in [0.25, 0.3) is 10.9 Å². The maximum atomic E-state index is 13.1. The third-order valence-corrected chi connectivity index (χ3v) is 5.42. The zero-order chi connectivity index (χ0) is 18.1. The van der Waals surface area contributed by atoms with Crippen LogP contribution in [0, 0.1) is 0 Å². The van der Waals surface area contributed by atoms with E-state index in [9.17, 15) is 4.79 Å². The van der Waals surface area contributed by atoms with Crippen molar-refractivity contribution in [2.45, 2.75) is 44.9 Å². The quantitative estimate of drug-likeness (QED) is 0.851. The lowest BCUT2D eigenvalue weighted by molar-refractivity contribution is -0.0715. The number of amides is 1. The van der Waals surface area contributed by atoms with Crippen molar-refractivity contribution < 1.29 is 9.53 Å². The number of hydrogen-bond donors (Lipinski definition) is 0. The molecule has 2 fully saturated rings. The first-order valence-corrected chi connectivity index (χ1v) is 9.65. The normalized spacial score (nSPS) is 27.2. The van der Waals surface area contributed by atoms with Crippen molar-refractivity contribution in [1.29, 1.82) is 0 Å². The number of pyridine rings is 1. The van der Waals surface area contributed by atoms with E-state index in [-0.39, 0.29) is 24.2 Å². The molecule has 3 atom stereocenters. The van der Waals surface area contributed by atoms with Crippen LogP contribution in [-0.2, 0) is 4.74 Å². The van der Waals surface area contributed by atoms with E-state index in [1.165, 1.54) is 0 Å². The molecule has 5 heteroatoms. The summed E-state index contributed by atoms with van der Waals surface area (Å²) in [5.74, 6) is 0.0626. The van der Waals surface area contributed by atoms with Gasteiger partial charge in [0.1, 0.15) is 5.69 Å². The van der Waals surface area contributed by atoms with E-state index in [1.807, 2.05) is 41.3 Å². The van der Waals surface area contributed by atoms with Gasteiger partial charge < -0.3 is 9.64 Å². The van der Waals surface area contributed by atoms with Crippen LogP contribution in [0.1, 0.15) is 37.2 Å². The summed E-state index contributed by atoms with van der Waals surface area (Å²) < 4.78 is 5.83. The Morgan fingerprint density at radius 3 is 2.73 bits per heavy atom. The van der Waals surface area contributed by atoms with E-state index in [0.29, 0.717) is 5.69 Å². The number of hydrogen-bond acceptors (Lipinski definition) is 4. The van der Waals surface area contributed by atoms with E-state index >= 15 is 0 Å². The predicted molar refractivity (Wildman–Crippen MR) is 102 cm³/mol. The monoisotopic (exact) mass is 353 g/mol. The number of morpholine rings is 1. The molecule has 3 heterocycles. The number of benzene rings is 1. The summed E-state index contributed by atoms with van der Waals surface area (Å²) in [6.07, 6.45) is 2.65. The second-order valence-corrected chi connectivity index (χ2v) is 7.66. The standard InChI is InChI=1S/C21H27N3O2/c1-15-12-23(13-16(2)26-15)14-18-7-5-11-24(18)21(25)20-10-9-17-6-3-4-8-19(17)22-20/h3-4,6,8-10,15-16,18H,5,7,11-14H2,1-2H3. The van der Waals surface area contributed by atoms with Crippen LogP contribution in [0.2, 0.25) is 0 Å². The Labute approximate surface area is 154 Å². The largest absolute Gasteiger partial charge is 0.373 e. The molecule has 0 N–H and O–H groups in total. The highest BCUT2D eigenvalue weighted by Gasteiger charge is 2.33. The summed E-state index contributed by atoms with van der Waals surface area (Å²) in [4.78, 5) is 22.2. The molecule has 2 saturated heterocycles. The van der Waals surface area contributed by atoms with E-state index in [0.717, 1.165) is 49.9 Å². The fourth-order valence-corrected chi connectivity index (χ4v) is 4.36. The van der Waals surface area contributed by atoms with Gasteiger partial charge in [0.25, 0.3) is 5.91 Å². The molecule has 1 aromatic carbocycles.